The number of nitrogens with one attached hydrogen (secondary N) is 1. The third kappa shape index (κ3) is 2.52. The monoisotopic (exact) mass is 292 g/mol. The fraction of sp³-hybridized carbons (Fsp3) is 0.600. The summed E-state index contributed by atoms with van der Waals surface area (Å²) in [7, 11) is 0. The summed E-state index contributed by atoms with van der Waals surface area (Å²) in [4.78, 5) is 27.3. The number of hydrogen-bond acceptors (Lipinski definition) is 4. The van der Waals surface area contributed by atoms with Crippen LogP contribution < -0.4 is 5.32 Å². The summed E-state index contributed by atoms with van der Waals surface area (Å²) in [5.41, 5.74) is 0. The molecule has 0 aromatic carbocycles. The van der Waals surface area contributed by atoms with Crippen LogP contribution in [0.4, 0.5) is 0 Å². The Morgan fingerprint density at radius 3 is 2.75 bits per heavy atom. The van der Waals surface area contributed by atoms with Crippen molar-refractivity contribution < 1.29 is 9.59 Å². The molecule has 4 nitrogen and oxygen atoms in total. The minimum absolute atomic E-state index is 0.00206. The standard InChI is InChI=1S/C15H20N2O2S/c1-10(13-7-4-8-20-13)16-12-9-14(18)17(15(12)19)11-5-2-3-6-11/h4,7-8,10-12,16H,2-3,5-6,9H2,1H3. The van der Waals surface area contributed by atoms with E-state index in [0.29, 0.717) is 6.42 Å². The quantitative estimate of drug-likeness (QED) is 0.867. The van der Waals surface area contributed by atoms with Crippen molar-refractivity contribution in [2.45, 2.75) is 57.2 Å². The summed E-state index contributed by atoms with van der Waals surface area (Å²) in [6, 6.07) is 3.97. The highest BCUT2D eigenvalue weighted by Gasteiger charge is 2.43. The third-order valence-electron chi connectivity index (χ3n) is 4.29. The van der Waals surface area contributed by atoms with Crippen molar-refractivity contribution in [1.82, 2.24) is 10.2 Å². The summed E-state index contributed by atoms with van der Waals surface area (Å²) in [6.07, 6.45) is 4.53. The third-order valence-corrected chi connectivity index (χ3v) is 5.35. The van der Waals surface area contributed by atoms with Crippen LogP contribution >= 0.6 is 11.3 Å². The second kappa shape index (κ2) is 5.66. The van der Waals surface area contributed by atoms with Crippen molar-refractivity contribution in [2.24, 2.45) is 0 Å². The number of amides is 2. The maximum absolute atomic E-state index is 12.5. The summed E-state index contributed by atoms with van der Waals surface area (Å²) in [6.45, 7) is 2.04. The molecule has 2 fully saturated rings. The lowest BCUT2D eigenvalue weighted by molar-refractivity contribution is -0.141. The molecule has 2 unspecified atom stereocenters. The lowest BCUT2D eigenvalue weighted by atomic mass is 10.2. The van der Waals surface area contributed by atoms with E-state index in [-0.39, 0.29) is 29.9 Å². The van der Waals surface area contributed by atoms with E-state index in [1.165, 1.54) is 9.78 Å². The molecule has 1 aliphatic carbocycles. The topological polar surface area (TPSA) is 49.4 Å². The molecule has 2 atom stereocenters. The predicted molar refractivity (Wildman–Crippen MR) is 78.4 cm³/mol. The van der Waals surface area contributed by atoms with Crippen molar-refractivity contribution in [3.05, 3.63) is 22.4 Å². The number of hydrogen-bond donors (Lipinski definition) is 1. The van der Waals surface area contributed by atoms with Crippen molar-refractivity contribution in [3.63, 3.8) is 0 Å². The van der Waals surface area contributed by atoms with Crippen LogP contribution in [-0.2, 0) is 9.59 Å². The lowest BCUT2D eigenvalue weighted by Crippen LogP contribution is -2.43. The first-order valence-corrected chi connectivity index (χ1v) is 8.20. The summed E-state index contributed by atoms with van der Waals surface area (Å²) < 4.78 is 0. The van der Waals surface area contributed by atoms with Gasteiger partial charge in [0.05, 0.1) is 12.5 Å². The van der Waals surface area contributed by atoms with E-state index in [0.717, 1.165) is 25.7 Å². The Kier molecular flexibility index (Phi) is 3.89. The fourth-order valence-electron chi connectivity index (χ4n) is 3.25. The van der Waals surface area contributed by atoms with Crippen LogP contribution in [-0.4, -0.2) is 28.8 Å². The zero-order valence-electron chi connectivity index (χ0n) is 11.7. The highest BCUT2D eigenvalue weighted by Crippen LogP contribution is 2.29. The molecule has 1 saturated heterocycles. The maximum Gasteiger partial charge on any atom is 0.247 e. The van der Waals surface area contributed by atoms with Crippen molar-refractivity contribution in [2.75, 3.05) is 0 Å². The average molecular weight is 292 g/mol. The first-order chi connectivity index (χ1) is 9.66. The van der Waals surface area contributed by atoms with Gasteiger partial charge in [0.15, 0.2) is 0 Å². The first-order valence-electron chi connectivity index (χ1n) is 7.32. The number of imide groups is 1. The maximum atomic E-state index is 12.5. The molecule has 20 heavy (non-hydrogen) atoms. The normalized spacial score (nSPS) is 25.6. The largest absolute Gasteiger partial charge is 0.298 e. The molecule has 108 valence electrons. The van der Waals surface area contributed by atoms with Gasteiger partial charge in [-0.2, -0.15) is 0 Å². The summed E-state index contributed by atoms with van der Waals surface area (Å²) in [5.74, 6) is -0.0249. The molecule has 2 heterocycles. The van der Waals surface area contributed by atoms with Gasteiger partial charge in [-0.05, 0) is 31.2 Å². The Morgan fingerprint density at radius 2 is 2.10 bits per heavy atom. The van der Waals surface area contributed by atoms with Gasteiger partial charge in [-0.25, -0.2) is 0 Å². The lowest BCUT2D eigenvalue weighted by Gasteiger charge is -2.23. The van der Waals surface area contributed by atoms with Crippen molar-refractivity contribution in [1.29, 1.82) is 0 Å². The second-order valence-electron chi connectivity index (χ2n) is 5.70. The summed E-state index contributed by atoms with van der Waals surface area (Å²) in [5, 5.41) is 5.34. The van der Waals surface area contributed by atoms with Gasteiger partial charge in [0.2, 0.25) is 11.8 Å². The molecule has 1 saturated carbocycles. The van der Waals surface area contributed by atoms with E-state index in [9.17, 15) is 9.59 Å². The Bertz CT molecular complexity index is 494. The Balaban J connectivity index is 1.66. The van der Waals surface area contributed by atoms with Gasteiger partial charge in [0.1, 0.15) is 0 Å². The van der Waals surface area contributed by atoms with Crippen LogP contribution in [0.5, 0.6) is 0 Å². The summed E-state index contributed by atoms with van der Waals surface area (Å²) >= 11 is 1.67. The zero-order valence-corrected chi connectivity index (χ0v) is 12.5. The molecule has 0 bridgehead atoms. The molecule has 5 heteroatoms. The van der Waals surface area contributed by atoms with Crippen LogP contribution in [0.25, 0.3) is 0 Å². The van der Waals surface area contributed by atoms with E-state index in [1.54, 1.807) is 11.3 Å². The Hall–Kier alpha value is -1.20. The van der Waals surface area contributed by atoms with Gasteiger partial charge in [-0.3, -0.25) is 19.8 Å². The van der Waals surface area contributed by atoms with Crippen LogP contribution in [0.15, 0.2) is 17.5 Å². The molecule has 1 aliphatic heterocycles. The number of nitrogens with zero attached hydrogens (tertiary/aromatic N) is 1. The molecule has 2 amide bonds. The smallest absolute Gasteiger partial charge is 0.247 e. The predicted octanol–water partition coefficient (Wildman–Crippen LogP) is 2.47. The Morgan fingerprint density at radius 1 is 1.35 bits per heavy atom. The van der Waals surface area contributed by atoms with Gasteiger partial charge in [-0.15, -0.1) is 11.3 Å². The van der Waals surface area contributed by atoms with Crippen LogP contribution in [0.1, 0.15) is 49.9 Å². The Labute approximate surface area is 123 Å². The van der Waals surface area contributed by atoms with Crippen molar-refractivity contribution in [3.8, 4) is 0 Å². The van der Waals surface area contributed by atoms with E-state index < -0.39 is 0 Å². The highest BCUT2D eigenvalue weighted by atomic mass is 32.1. The molecule has 3 rings (SSSR count). The molecule has 2 aliphatic rings. The number of carbonyl (C=O) groups is 2. The SMILES string of the molecule is CC(NC1CC(=O)N(C2CCCC2)C1=O)c1cccs1. The minimum Gasteiger partial charge on any atom is -0.298 e. The molecule has 1 aromatic rings. The van der Waals surface area contributed by atoms with E-state index in [2.05, 4.69) is 11.4 Å². The van der Waals surface area contributed by atoms with Crippen LogP contribution in [0.3, 0.4) is 0 Å². The van der Waals surface area contributed by atoms with E-state index in [1.807, 2.05) is 18.4 Å². The second-order valence-corrected chi connectivity index (χ2v) is 6.68. The fourth-order valence-corrected chi connectivity index (χ4v) is 3.99. The zero-order chi connectivity index (χ0) is 14.1. The van der Waals surface area contributed by atoms with Crippen molar-refractivity contribution >= 4 is 23.2 Å². The van der Waals surface area contributed by atoms with Gasteiger partial charge in [0.25, 0.3) is 0 Å². The molecule has 1 aromatic heterocycles. The molecular formula is C15H20N2O2S. The number of carbonyl (C=O) groups excluding carboxylic acids is 2. The highest BCUT2D eigenvalue weighted by molar-refractivity contribution is 7.10. The first kappa shape index (κ1) is 13.8. The molecule has 1 N–H and O–H groups in total. The van der Waals surface area contributed by atoms with Crippen LogP contribution in [0.2, 0.25) is 0 Å². The van der Waals surface area contributed by atoms with E-state index in [4.69, 9.17) is 0 Å². The molecule has 0 spiro atoms. The van der Waals surface area contributed by atoms with Crippen LogP contribution in [0, 0.1) is 0 Å². The van der Waals surface area contributed by atoms with Gasteiger partial charge in [0, 0.05) is 17.0 Å². The van der Waals surface area contributed by atoms with Gasteiger partial charge in [-0.1, -0.05) is 18.9 Å². The number of likely N-dealkylation sites (tertiary alicyclic amines) is 1. The van der Waals surface area contributed by atoms with E-state index >= 15 is 0 Å². The molecule has 0 radical (unpaired) electrons. The number of rotatable bonds is 4. The minimum atomic E-state index is -0.347. The van der Waals surface area contributed by atoms with Gasteiger partial charge < -0.3 is 0 Å². The van der Waals surface area contributed by atoms with Gasteiger partial charge >= 0.3 is 0 Å². The number of thiophene rings is 1. The average Bonchev–Trinajstić information content (AvgIpc) is 3.13. The molecular weight excluding hydrogens is 272 g/mol.